The van der Waals surface area contributed by atoms with Crippen LogP contribution in [0.1, 0.15) is 61.7 Å². The SMILES string of the molecule is CC(C)N(CCCOCN1C(=O)c2cccc3cccc(c23)C1=O)CCN1C(=O)c2cccc3cccc(c23)C1=O. The molecule has 0 saturated heterocycles. The highest BCUT2D eigenvalue weighted by atomic mass is 16.5. The summed E-state index contributed by atoms with van der Waals surface area (Å²) in [5.41, 5.74) is 2.13. The van der Waals surface area contributed by atoms with Crippen molar-refractivity contribution in [1.29, 1.82) is 0 Å². The first-order valence-corrected chi connectivity index (χ1v) is 13.9. The van der Waals surface area contributed by atoms with Crippen molar-refractivity contribution in [2.45, 2.75) is 26.3 Å². The lowest BCUT2D eigenvalue weighted by Crippen LogP contribution is -2.46. The fraction of sp³-hybridized carbons (Fsp3) is 0.273. The fourth-order valence-electron chi connectivity index (χ4n) is 5.86. The second-order valence-corrected chi connectivity index (χ2v) is 10.7. The van der Waals surface area contributed by atoms with Gasteiger partial charge >= 0.3 is 0 Å². The molecule has 8 heteroatoms. The normalized spacial score (nSPS) is 14.8. The highest BCUT2D eigenvalue weighted by Crippen LogP contribution is 2.31. The van der Waals surface area contributed by atoms with Gasteiger partial charge in [0.1, 0.15) is 6.73 Å². The van der Waals surface area contributed by atoms with E-state index in [0.717, 1.165) is 21.1 Å². The molecule has 0 radical (unpaired) electrons. The molecule has 2 aliphatic rings. The summed E-state index contributed by atoms with van der Waals surface area (Å²) in [6.07, 6.45) is 0.657. The van der Waals surface area contributed by atoms with Crippen molar-refractivity contribution >= 4 is 45.2 Å². The minimum Gasteiger partial charge on any atom is -0.360 e. The molecule has 208 valence electrons. The van der Waals surface area contributed by atoms with Gasteiger partial charge in [-0.15, -0.1) is 0 Å². The van der Waals surface area contributed by atoms with E-state index >= 15 is 0 Å². The van der Waals surface area contributed by atoms with Crippen LogP contribution in [-0.4, -0.2) is 77.3 Å². The van der Waals surface area contributed by atoms with E-state index in [2.05, 4.69) is 18.7 Å². The smallest absolute Gasteiger partial charge is 0.263 e. The summed E-state index contributed by atoms with van der Waals surface area (Å²) in [4.78, 5) is 57.3. The van der Waals surface area contributed by atoms with Crippen LogP contribution in [0.15, 0.2) is 72.8 Å². The molecule has 0 spiro atoms. The van der Waals surface area contributed by atoms with E-state index < -0.39 is 0 Å². The zero-order valence-corrected chi connectivity index (χ0v) is 23.1. The van der Waals surface area contributed by atoms with Gasteiger partial charge in [0.15, 0.2) is 0 Å². The van der Waals surface area contributed by atoms with Gasteiger partial charge in [-0.25, -0.2) is 0 Å². The van der Waals surface area contributed by atoms with Crippen molar-refractivity contribution < 1.29 is 23.9 Å². The number of amides is 4. The zero-order chi connectivity index (χ0) is 28.7. The maximum Gasteiger partial charge on any atom is 0.263 e. The Morgan fingerprint density at radius 3 is 1.51 bits per heavy atom. The Hall–Kier alpha value is -4.40. The first-order valence-electron chi connectivity index (χ1n) is 13.9. The summed E-state index contributed by atoms with van der Waals surface area (Å²) < 4.78 is 5.79. The minimum absolute atomic E-state index is 0.119. The molecule has 6 rings (SSSR count). The highest BCUT2D eigenvalue weighted by molar-refractivity contribution is 6.26. The Kier molecular flexibility index (Phi) is 7.11. The standard InChI is InChI=1S/C33H31N3O5/c1-21(2)34(17-18-35-30(37)24-12-3-8-22-9-4-13-25(28(22)24)31(35)38)16-7-19-41-20-36-32(39)26-14-5-10-23-11-6-15-27(29(23)26)33(36)40/h3-6,8-15,21H,7,16-20H2,1-2H3. The van der Waals surface area contributed by atoms with Gasteiger partial charge in [0.25, 0.3) is 23.6 Å². The Labute approximate surface area is 238 Å². The second-order valence-electron chi connectivity index (χ2n) is 10.7. The van der Waals surface area contributed by atoms with Crippen molar-refractivity contribution in [2.24, 2.45) is 0 Å². The number of nitrogens with zero attached hydrogens (tertiary/aromatic N) is 3. The minimum atomic E-state index is -0.351. The second kappa shape index (κ2) is 10.9. The van der Waals surface area contributed by atoms with Crippen molar-refractivity contribution in [2.75, 3.05) is 33.0 Å². The van der Waals surface area contributed by atoms with Crippen LogP contribution in [0.4, 0.5) is 0 Å². The first kappa shape index (κ1) is 26.8. The van der Waals surface area contributed by atoms with Gasteiger partial charge in [-0.05, 0) is 55.3 Å². The lowest BCUT2D eigenvalue weighted by molar-refractivity contribution is 0.0189. The summed E-state index contributed by atoms with van der Waals surface area (Å²) in [5.74, 6) is -1.23. The molecule has 2 aliphatic heterocycles. The first-order chi connectivity index (χ1) is 19.9. The molecule has 0 unspecified atom stereocenters. The Balaban J connectivity index is 1.04. The van der Waals surface area contributed by atoms with E-state index in [-0.39, 0.29) is 42.9 Å². The predicted molar refractivity (Wildman–Crippen MR) is 156 cm³/mol. The number of carbonyl (C=O) groups excluding carboxylic acids is 4. The number of imide groups is 2. The van der Waals surface area contributed by atoms with Crippen LogP contribution in [0.25, 0.3) is 21.5 Å². The van der Waals surface area contributed by atoms with Gasteiger partial charge in [0.05, 0.1) is 6.61 Å². The number of ether oxygens (including phenoxy) is 1. The van der Waals surface area contributed by atoms with E-state index in [1.807, 2.05) is 48.5 Å². The van der Waals surface area contributed by atoms with Gasteiger partial charge in [-0.2, -0.15) is 0 Å². The third-order valence-electron chi connectivity index (χ3n) is 8.01. The topological polar surface area (TPSA) is 87.2 Å². The zero-order valence-electron chi connectivity index (χ0n) is 23.1. The van der Waals surface area contributed by atoms with Gasteiger partial charge in [-0.3, -0.25) is 33.9 Å². The monoisotopic (exact) mass is 549 g/mol. The summed E-state index contributed by atoms with van der Waals surface area (Å²) >= 11 is 0. The Bertz CT molecular complexity index is 1610. The lowest BCUT2D eigenvalue weighted by Gasteiger charge is -2.32. The van der Waals surface area contributed by atoms with Gasteiger partial charge < -0.3 is 4.74 Å². The van der Waals surface area contributed by atoms with E-state index in [1.165, 1.54) is 4.90 Å². The third-order valence-corrected chi connectivity index (χ3v) is 8.01. The highest BCUT2D eigenvalue weighted by Gasteiger charge is 2.34. The molecular formula is C33H31N3O5. The van der Waals surface area contributed by atoms with Crippen LogP contribution in [0.3, 0.4) is 0 Å². The molecule has 0 fully saturated rings. The molecule has 4 amide bonds. The number of hydrogen-bond acceptors (Lipinski definition) is 6. The molecule has 0 saturated carbocycles. The number of carbonyl (C=O) groups is 4. The van der Waals surface area contributed by atoms with E-state index in [0.29, 0.717) is 53.8 Å². The fourth-order valence-corrected chi connectivity index (χ4v) is 5.86. The van der Waals surface area contributed by atoms with E-state index in [9.17, 15) is 19.2 Å². The van der Waals surface area contributed by atoms with Crippen LogP contribution in [0, 0.1) is 0 Å². The largest absolute Gasteiger partial charge is 0.360 e. The van der Waals surface area contributed by atoms with Crippen molar-refractivity contribution in [3.63, 3.8) is 0 Å². The molecule has 4 aromatic carbocycles. The quantitative estimate of drug-likeness (QED) is 0.205. The molecule has 8 nitrogen and oxygen atoms in total. The van der Waals surface area contributed by atoms with Gasteiger partial charge in [-0.1, -0.05) is 48.5 Å². The number of rotatable bonds is 10. The molecule has 0 N–H and O–H groups in total. The Morgan fingerprint density at radius 2 is 1.07 bits per heavy atom. The molecular weight excluding hydrogens is 518 g/mol. The number of hydrogen-bond donors (Lipinski definition) is 0. The van der Waals surface area contributed by atoms with Crippen molar-refractivity contribution in [1.82, 2.24) is 14.7 Å². The van der Waals surface area contributed by atoms with Crippen molar-refractivity contribution in [3.05, 3.63) is 95.1 Å². The van der Waals surface area contributed by atoms with Crippen LogP contribution in [0.2, 0.25) is 0 Å². The molecule has 0 bridgehead atoms. The van der Waals surface area contributed by atoms with Crippen LogP contribution in [-0.2, 0) is 4.74 Å². The molecule has 2 heterocycles. The van der Waals surface area contributed by atoms with Gasteiger partial charge in [0.2, 0.25) is 0 Å². The molecule has 41 heavy (non-hydrogen) atoms. The maximum absolute atomic E-state index is 13.2. The number of benzene rings is 4. The van der Waals surface area contributed by atoms with E-state index in [1.54, 1.807) is 24.3 Å². The van der Waals surface area contributed by atoms with Crippen molar-refractivity contribution in [3.8, 4) is 0 Å². The average molecular weight is 550 g/mol. The molecule has 0 aromatic heterocycles. The average Bonchev–Trinajstić information content (AvgIpc) is 2.98. The van der Waals surface area contributed by atoms with Gasteiger partial charge in [0, 0.05) is 58.7 Å². The molecule has 0 aliphatic carbocycles. The molecule has 0 atom stereocenters. The third kappa shape index (κ3) is 4.69. The van der Waals surface area contributed by atoms with Crippen LogP contribution in [0.5, 0.6) is 0 Å². The van der Waals surface area contributed by atoms with E-state index in [4.69, 9.17) is 4.74 Å². The summed E-state index contributed by atoms with van der Waals surface area (Å²) in [6, 6.07) is 22.2. The predicted octanol–water partition coefficient (Wildman–Crippen LogP) is 4.96. The van der Waals surface area contributed by atoms with Crippen LogP contribution >= 0.6 is 0 Å². The lowest BCUT2D eigenvalue weighted by atomic mass is 9.94. The molecule has 4 aromatic rings. The Morgan fingerprint density at radius 1 is 0.634 bits per heavy atom. The summed E-state index contributed by atoms with van der Waals surface area (Å²) in [5, 5.41) is 3.18. The summed E-state index contributed by atoms with van der Waals surface area (Å²) in [7, 11) is 0. The summed E-state index contributed by atoms with van der Waals surface area (Å²) in [6.45, 7) is 5.85. The maximum atomic E-state index is 13.2. The van der Waals surface area contributed by atoms with Crippen LogP contribution < -0.4 is 0 Å².